The molecule has 154 valence electrons. The average Bonchev–Trinajstić information content (AvgIpc) is 3.44. The zero-order valence-corrected chi connectivity index (χ0v) is 16.7. The number of unbranched alkanes of at least 4 members (excludes halogenated alkanes) is 1. The van der Waals surface area contributed by atoms with E-state index in [1.165, 1.54) is 4.57 Å². The lowest BCUT2D eigenvalue weighted by Gasteiger charge is -2.12. The van der Waals surface area contributed by atoms with E-state index in [2.05, 4.69) is 16.9 Å². The number of nitrogens with one attached hydrogen (secondary N) is 1. The highest BCUT2D eigenvalue weighted by atomic mass is 16.2. The Morgan fingerprint density at radius 1 is 1.07 bits per heavy atom. The number of Topliss-reactive ketones (excluding diaryl/α,β-unsaturated/α-hetero) is 1. The van der Waals surface area contributed by atoms with Crippen molar-refractivity contribution >= 4 is 16.9 Å². The van der Waals surface area contributed by atoms with E-state index in [0.29, 0.717) is 23.4 Å². The van der Waals surface area contributed by atoms with Crippen molar-refractivity contribution in [3.63, 3.8) is 0 Å². The summed E-state index contributed by atoms with van der Waals surface area (Å²) in [4.78, 5) is 46.3. The molecule has 1 aromatic carbocycles. The van der Waals surface area contributed by atoms with E-state index in [0.717, 1.165) is 23.0 Å². The highest BCUT2D eigenvalue weighted by Gasteiger charge is 2.20. The normalized spacial score (nSPS) is 11.2. The first kappa shape index (κ1) is 19.6. The van der Waals surface area contributed by atoms with Crippen LogP contribution in [0.15, 0.2) is 64.6 Å². The molecule has 0 atom stereocenters. The van der Waals surface area contributed by atoms with Crippen LogP contribution in [-0.4, -0.2) is 29.5 Å². The number of aryl methyl sites for hydroxylation is 1. The number of benzene rings is 1. The Labute approximate surface area is 172 Å². The SMILES string of the molecule is CCCCn1cnc2c1c(=O)n(CC(=O)c1ccc[nH]1)c(=O)n2Cc1ccccc1. The van der Waals surface area contributed by atoms with Crippen molar-refractivity contribution < 1.29 is 4.79 Å². The molecule has 0 spiro atoms. The molecule has 8 nitrogen and oxygen atoms in total. The van der Waals surface area contributed by atoms with Crippen LogP contribution in [0.3, 0.4) is 0 Å². The van der Waals surface area contributed by atoms with Gasteiger partial charge in [0.1, 0.15) is 0 Å². The summed E-state index contributed by atoms with van der Waals surface area (Å²) in [6.45, 7) is 2.62. The quantitative estimate of drug-likeness (QED) is 0.456. The van der Waals surface area contributed by atoms with E-state index in [-0.39, 0.29) is 18.9 Å². The molecule has 4 rings (SSSR count). The van der Waals surface area contributed by atoms with Crippen LogP contribution in [-0.2, 0) is 19.6 Å². The van der Waals surface area contributed by atoms with Gasteiger partial charge < -0.3 is 9.55 Å². The second kappa shape index (κ2) is 8.36. The van der Waals surface area contributed by atoms with Crippen molar-refractivity contribution in [1.82, 2.24) is 23.7 Å². The number of carbonyl (C=O) groups is 1. The molecule has 0 saturated heterocycles. The molecule has 0 bridgehead atoms. The number of aromatic amines is 1. The summed E-state index contributed by atoms with van der Waals surface area (Å²) in [5, 5.41) is 0. The molecule has 0 amide bonds. The molecule has 30 heavy (non-hydrogen) atoms. The Hall–Kier alpha value is -3.68. The summed E-state index contributed by atoms with van der Waals surface area (Å²) in [6, 6.07) is 12.8. The van der Waals surface area contributed by atoms with Crippen molar-refractivity contribution in [2.75, 3.05) is 0 Å². The van der Waals surface area contributed by atoms with E-state index in [4.69, 9.17) is 0 Å². The molecule has 3 aromatic heterocycles. The summed E-state index contributed by atoms with van der Waals surface area (Å²) in [6.07, 6.45) is 5.07. The van der Waals surface area contributed by atoms with Gasteiger partial charge in [-0.25, -0.2) is 9.78 Å². The fraction of sp³-hybridized carbons (Fsp3) is 0.273. The lowest BCUT2D eigenvalue weighted by Crippen LogP contribution is -2.42. The molecule has 8 heteroatoms. The van der Waals surface area contributed by atoms with Gasteiger partial charge in [-0.3, -0.25) is 18.7 Å². The van der Waals surface area contributed by atoms with Crippen LogP contribution in [0.5, 0.6) is 0 Å². The molecular formula is C22H23N5O3. The van der Waals surface area contributed by atoms with Crippen LogP contribution < -0.4 is 11.2 Å². The summed E-state index contributed by atoms with van der Waals surface area (Å²) >= 11 is 0. The topological polar surface area (TPSA) is 94.7 Å². The third-order valence-corrected chi connectivity index (χ3v) is 5.12. The maximum Gasteiger partial charge on any atom is 0.333 e. The van der Waals surface area contributed by atoms with Gasteiger partial charge >= 0.3 is 5.69 Å². The Bertz CT molecular complexity index is 1280. The molecule has 4 aromatic rings. The predicted molar refractivity (Wildman–Crippen MR) is 114 cm³/mol. The minimum Gasteiger partial charge on any atom is -0.359 e. The van der Waals surface area contributed by atoms with Crippen LogP contribution in [0.4, 0.5) is 0 Å². The number of carbonyl (C=O) groups excluding carboxylic acids is 1. The standard InChI is InChI=1S/C22H23N5O3/c1-2-3-12-25-15-24-20-19(25)21(29)27(14-18(28)17-10-7-11-23-17)22(30)26(20)13-16-8-5-4-6-9-16/h4-11,15,23H,2-3,12-14H2,1H3. The first-order valence-electron chi connectivity index (χ1n) is 9.99. The predicted octanol–water partition coefficient (Wildman–Crippen LogP) is 2.42. The number of ketones is 1. The first-order valence-corrected chi connectivity index (χ1v) is 9.99. The van der Waals surface area contributed by atoms with Crippen LogP contribution >= 0.6 is 0 Å². The van der Waals surface area contributed by atoms with E-state index < -0.39 is 11.2 Å². The van der Waals surface area contributed by atoms with Crippen molar-refractivity contribution in [1.29, 1.82) is 0 Å². The molecule has 0 unspecified atom stereocenters. The van der Waals surface area contributed by atoms with Crippen molar-refractivity contribution in [2.24, 2.45) is 0 Å². The lowest BCUT2D eigenvalue weighted by molar-refractivity contribution is 0.0964. The molecule has 3 heterocycles. The fourth-order valence-electron chi connectivity index (χ4n) is 3.52. The average molecular weight is 405 g/mol. The van der Waals surface area contributed by atoms with Gasteiger partial charge in [0.2, 0.25) is 0 Å². The largest absolute Gasteiger partial charge is 0.359 e. The molecule has 0 aliphatic carbocycles. The summed E-state index contributed by atoms with van der Waals surface area (Å²) < 4.78 is 4.26. The van der Waals surface area contributed by atoms with Gasteiger partial charge in [-0.05, 0) is 24.1 Å². The Balaban J connectivity index is 1.88. The van der Waals surface area contributed by atoms with E-state index >= 15 is 0 Å². The van der Waals surface area contributed by atoms with Crippen LogP contribution in [0.2, 0.25) is 0 Å². The maximum absolute atomic E-state index is 13.3. The highest BCUT2D eigenvalue weighted by Crippen LogP contribution is 2.11. The molecule has 0 aliphatic heterocycles. The number of imidazole rings is 1. The van der Waals surface area contributed by atoms with E-state index in [1.807, 2.05) is 30.3 Å². The summed E-state index contributed by atoms with van der Waals surface area (Å²) in [5.41, 5.74) is 0.914. The maximum atomic E-state index is 13.3. The molecular weight excluding hydrogens is 382 g/mol. The summed E-state index contributed by atoms with van der Waals surface area (Å²) in [5.74, 6) is -0.329. The number of aromatic nitrogens is 5. The zero-order valence-electron chi connectivity index (χ0n) is 16.7. The van der Waals surface area contributed by atoms with Gasteiger partial charge in [-0.2, -0.15) is 0 Å². The number of hydrogen-bond donors (Lipinski definition) is 1. The van der Waals surface area contributed by atoms with Gasteiger partial charge in [0.25, 0.3) is 5.56 Å². The second-order valence-electron chi connectivity index (χ2n) is 7.22. The smallest absolute Gasteiger partial charge is 0.333 e. The Morgan fingerprint density at radius 2 is 1.87 bits per heavy atom. The van der Waals surface area contributed by atoms with Crippen molar-refractivity contribution in [3.05, 3.63) is 87.1 Å². The van der Waals surface area contributed by atoms with E-state index in [1.54, 1.807) is 29.2 Å². The minimum absolute atomic E-state index is 0.262. The highest BCUT2D eigenvalue weighted by molar-refractivity contribution is 5.94. The molecule has 0 saturated carbocycles. The van der Waals surface area contributed by atoms with Crippen LogP contribution in [0, 0.1) is 0 Å². The van der Waals surface area contributed by atoms with Crippen molar-refractivity contribution in [3.8, 4) is 0 Å². The lowest BCUT2D eigenvalue weighted by atomic mass is 10.2. The van der Waals surface area contributed by atoms with Gasteiger partial charge in [0.05, 0.1) is 25.1 Å². The second-order valence-corrected chi connectivity index (χ2v) is 7.22. The minimum atomic E-state index is -0.544. The third kappa shape index (κ3) is 3.63. The summed E-state index contributed by atoms with van der Waals surface area (Å²) in [7, 11) is 0. The monoisotopic (exact) mass is 405 g/mol. The number of nitrogens with zero attached hydrogens (tertiary/aromatic N) is 4. The zero-order chi connectivity index (χ0) is 21.1. The number of rotatable bonds is 8. The molecule has 1 N–H and O–H groups in total. The first-order chi connectivity index (χ1) is 14.6. The van der Waals surface area contributed by atoms with Gasteiger partial charge in [0, 0.05) is 12.7 Å². The van der Waals surface area contributed by atoms with Gasteiger partial charge in [-0.1, -0.05) is 43.7 Å². The molecule has 0 radical (unpaired) electrons. The van der Waals surface area contributed by atoms with Crippen LogP contribution in [0.25, 0.3) is 11.2 Å². The van der Waals surface area contributed by atoms with Gasteiger partial charge in [-0.15, -0.1) is 0 Å². The fourth-order valence-corrected chi connectivity index (χ4v) is 3.52. The third-order valence-electron chi connectivity index (χ3n) is 5.12. The van der Waals surface area contributed by atoms with Gasteiger partial charge in [0.15, 0.2) is 16.9 Å². The number of H-pyrrole nitrogens is 1. The number of hydrogen-bond acceptors (Lipinski definition) is 4. The Morgan fingerprint density at radius 3 is 2.57 bits per heavy atom. The molecule has 0 fully saturated rings. The van der Waals surface area contributed by atoms with E-state index in [9.17, 15) is 14.4 Å². The van der Waals surface area contributed by atoms with Crippen molar-refractivity contribution in [2.45, 2.75) is 39.4 Å². The van der Waals surface area contributed by atoms with Crippen LogP contribution in [0.1, 0.15) is 35.8 Å². The molecule has 0 aliphatic rings. The Kier molecular flexibility index (Phi) is 5.47. The number of fused-ring (bicyclic) bond motifs is 1.